The number of nitrogens with one attached hydrogen (secondary N) is 1. The first kappa shape index (κ1) is 16.5. The van der Waals surface area contributed by atoms with Gasteiger partial charge in [-0.25, -0.2) is 0 Å². The minimum Gasteiger partial charge on any atom is -0.313 e. The predicted molar refractivity (Wildman–Crippen MR) is 91.2 cm³/mol. The molecule has 0 amide bonds. The van der Waals surface area contributed by atoms with Crippen LogP contribution < -0.4 is 5.32 Å². The van der Waals surface area contributed by atoms with Gasteiger partial charge >= 0.3 is 0 Å². The van der Waals surface area contributed by atoms with Gasteiger partial charge in [-0.15, -0.1) is 11.8 Å². The monoisotopic (exact) mass is 331 g/mol. The maximum Gasteiger partial charge on any atom is 0.0542 e. The lowest BCUT2D eigenvalue weighted by molar-refractivity contribution is 0.388. The van der Waals surface area contributed by atoms with Crippen molar-refractivity contribution < 1.29 is 0 Å². The SMILES string of the molecule is CCCNC(CSc1cc(Cl)ccc1Cl)C1CCCC1. The Labute approximate surface area is 136 Å². The molecule has 20 heavy (non-hydrogen) atoms. The van der Waals surface area contributed by atoms with Crippen molar-refractivity contribution in [3.05, 3.63) is 28.2 Å². The van der Waals surface area contributed by atoms with E-state index in [2.05, 4.69) is 12.2 Å². The first-order chi connectivity index (χ1) is 9.70. The molecular weight excluding hydrogens is 309 g/mol. The van der Waals surface area contributed by atoms with Crippen molar-refractivity contribution in [1.82, 2.24) is 5.32 Å². The van der Waals surface area contributed by atoms with Crippen LogP contribution in [0.15, 0.2) is 23.1 Å². The van der Waals surface area contributed by atoms with Crippen molar-refractivity contribution in [2.45, 2.75) is 50.0 Å². The second-order valence-corrected chi connectivity index (χ2v) is 7.40. The molecule has 2 rings (SSSR count). The van der Waals surface area contributed by atoms with Crippen LogP contribution in [0.3, 0.4) is 0 Å². The first-order valence-corrected chi connectivity index (χ1v) is 9.26. The Morgan fingerprint density at radius 3 is 2.75 bits per heavy atom. The molecule has 0 bridgehead atoms. The fourth-order valence-electron chi connectivity index (χ4n) is 2.82. The predicted octanol–water partition coefficient (Wildman–Crippen LogP) is 5.64. The zero-order valence-electron chi connectivity index (χ0n) is 12.0. The average Bonchev–Trinajstić information content (AvgIpc) is 2.96. The fourth-order valence-corrected chi connectivity index (χ4v) is 4.50. The van der Waals surface area contributed by atoms with Crippen LogP contribution in [0.25, 0.3) is 0 Å². The van der Waals surface area contributed by atoms with Crippen molar-refractivity contribution in [2.24, 2.45) is 5.92 Å². The smallest absolute Gasteiger partial charge is 0.0542 e. The Morgan fingerprint density at radius 1 is 1.30 bits per heavy atom. The van der Waals surface area contributed by atoms with Gasteiger partial charge in [0, 0.05) is 21.7 Å². The zero-order chi connectivity index (χ0) is 14.4. The van der Waals surface area contributed by atoms with Gasteiger partial charge in [-0.2, -0.15) is 0 Å². The molecule has 1 saturated carbocycles. The topological polar surface area (TPSA) is 12.0 Å². The summed E-state index contributed by atoms with van der Waals surface area (Å²) in [5.41, 5.74) is 0. The Morgan fingerprint density at radius 2 is 2.05 bits per heavy atom. The Bertz CT molecular complexity index is 419. The lowest BCUT2D eigenvalue weighted by Gasteiger charge is -2.24. The van der Waals surface area contributed by atoms with Crippen LogP contribution in [0.1, 0.15) is 39.0 Å². The molecule has 0 spiro atoms. The zero-order valence-corrected chi connectivity index (χ0v) is 14.3. The van der Waals surface area contributed by atoms with E-state index in [9.17, 15) is 0 Å². The first-order valence-electron chi connectivity index (χ1n) is 7.52. The molecule has 0 radical (unpaired) electrons. The highest BCUT2D eigenvalue weighted by Gasteiger charge is 2.24. The van der Waals surface area contributed by atoms with Crippen molar-refractivity contribution in [1.29, 1.82) is 0 Å². The van der Waals surface area contributed by atoms with Crippen molar-refractivity contribution in [3.63, 3.8) is 0 Å². The van der Waals surface area contributed by atoms with Crippen LogP contribution in [-0.2, 0) is 0 Å². The number of hydrogen-bond acceptors (Lipinski definition) is 2. The number of rotatable bonds is 7. The molecule has 0 aromatic heterocycles. The van der Waals surface area contributed by atoms with Crippen molar-refractivity contribution in [2.75, 3.05) is 12.3 Å². The van der Waals surface area contributed by atoms with Crippen molar-refractivity contribution >= 4 is 35.0 Å². The fraction of sp³-hybridized carbons (Fsp3) is 0.625. The molecule has 1 aromatic carbocycles. The van der Waals surface area contributed by atoms with E-state index in [1.54, 1.807) is 0 Å². The van der Waals surface area contributed by atoms with Crippen LogP contribution in [0.5, 0.6) is 0 Å². The lowest BCUT2D eigenvalue weighted by atomic mass is 10.00. The number of benzene rings is 1. The van der Waals surface area contributed by atoms with Gasteiger partial charge in [0.15, 0.2) is 0 Å². The third-order valence-electron chi connectivity index (χ3n) is 3.94. The highest BCUT2D eigenvalue weighted by atomic mass is 35.5. The highest BCUT2D eigenvalue weighted by molar-refractivity contribution is 7.99. The van der Waals surface area contributed by atoms with E-state index in [1.165, 1.54) is 32.1 Å². The van der Waals surface area contributed by atoms with Gasteiger partial charge in [-0.05, 0) is 49.9 Å². The van der Waals surface area contributed by atoms with Gasteiger partial charge in [0.05, 0.1) is 5.02 Å². The summed E-state index contributed by atoms with van der Waals surface area (Å²) in [5.74, 6) is 1.90. The Balaban J connectivity index is 1.94. The Kier molecular flexibility index (Phi) is 7.03. The molecule has 1 N–H and O–H groups in total. The van der Waals surface area contributed by atoms with E-state index in [1.807, 2.05) is 30.0 Å². The second-order valence-electron chi connectivity index (χ2n) is 5.49. The highest BCUT2D eigenvalue weighted by Crippen LogP contribution is 2.34. The van der Waals surface area contributed by atoms with Gasteiger partial charge in [0.25, 0.3) is 0 Å². The van der Waals surface area contributed by atoms with E-state index in [4.69, 9.17) is 23.2 Å². The number of hydrogen-bond donors (Lipinski definition) is 1. The average molecular weight is 332 g/mol. The molecule has 1 aromatic rings. The summed E-state index contributed by atoms with van der Waals surface area (Å²) in [6.45, 7) is 3.32. The van der Waals surface area contributed by atoms with E-state index >= 15 is 0 Å². The summed E-state index contributed by atoms with van der Waals surface area (Å²) in [5, 5.41) is 5.28. The van der Waals surface area contributed by atoms with Gasteiger partial charge in [-0.3, -0.25) is 0 Å². The van der Waals surface area contributed by atoms with Crippen molar-refractivity contribution in [3.8, 4) is 0 Å². The van der Waals surface area contributed by atoms with Gasteiger partial charge in [0.2, 0.25) is 0 Å². The summed E-state index contributed by atoms with van der Waals surface area (Å²) in [6.07, 6.45) is 6.69. The lowest BCUT2D eigenvalue weighted by Crippen LogP contribution is -2.37. The molecule has 0 saturated heterocycles. The standard InChI is InChI=1S/C16H23Cl2NS/c1-2-9-19-15(12-5-3-4-6-12)11-20-16-10-13(17)7-8-14(16)18/h7-8,10,12,15,19H,2-6,9,11H2,1H3. The van der Waals surface area contributed by atoms with Crippen LogP contribution in [0, 0.1) is 5.92 Å². The van der Waals surface area contributed by atoms with E-state index in [0.717, 1.165) is 33.2 Å². The Hall–Kier alpha value is 0.110. The molecule has 1 aliphatic rings. The quantitative estimate of drug-likeness (QED) is 0.648. The molecule has 112 valence electrons. The number of thioether (sulfide) groups is 1. The van der Waals surface area contributed by atoms with Crippen LogP contribution in [-0.4, -0.2) is 18.3 Å². The molecular formula is C16H23Cl2NS. The summed E-state index contributed by atoms with van der Waals surface area (Å²) >= 11 is 14.1. The van der Waals surface area contributed by atoms with Crippen LogP contribution in [0.4, 0.5) is 0 Å². The minimum atomic E-state index is 0.595. The van der Waals surface area contributed by atoms with Crippen LogP contribution >= 0.6 is 35.0 Å². The third-order valence-corrected chi connectivity index (χ3v) is 5.79. The normalized spacial score (nSPS) is 17.6. The molecule has 1 nitrogen and oxygen atoms in total. The number of halogens is 2. The van der Waals surface area contributed by atoms with Crippen LogP contribution in [0.2, 0.25) is 10.0 Å². The maximum atomic E-state index is 6.24. The largest absolute Gasteiger partial charge is 0.313 e. The molecule has 4 heteroatoms. The molecule has 0 aliphatic heterocycles. The van der Waals surface area contributed by atoms with E-state index < -0.39 is 0 Å². The van der Waals surface area contributed by atoms with E-state index in [0.29, 0.717) is 6.04 Å². The van der Waals surface area contributed by atoms with E-state index in [-0.39, 0.29) is 0 Å². The molecule has 1 unspecified atom stereocenters. The third kappa shape index (κ3) is 4.84. The van der Waals surface area contributed by atoms with Gasteiger partial charge in [-0.1, -0.05) is 43.0 Å². The summed E-state index contributed by atoms with van der Waals surface area (Å²) < 4.78 is 0. The molecule has 1 aliphatic carbocycles. The van der Waals surface area contributed by atoms with Gasteiger partial charge < -0.3 is 5.32 Å². The maximum absolute atomic E-state index is 6.24. The second kappa shape index (κ2) is 8.53. The summed E-state index contributed by atoms with van der Waals surface area (Å²) in [7, 11) is 0. The minimum absolute atomic E-state index is 0.595. The molecule has 1 fully saturated rings. The summed E-state index contributed by atoms with van der Waals surface area (Å²) in [6, 6.07) is 6.30. The molecule has 0 heterocycles. The summed E-state index contributed by atoms with van der Waals surface area (Å²) in [4.78, 5) is 1.10. The van der Waals surface area contributed by atoms with Gasteiger partial charge in [0.1, 0.15) is 0 Å². The molecule has 1 atom stereocenters.